The summed E-state index contributed by atoms with van der Waals surface area (Å²) in [4.78, 5) is 18.1. The number of carbonyl (C=O) groups is 1. The molecule has 0 atom stereocenters. The van der Waals surface area contributed by atoms with Crippen LogP contribution < -0.4 is 5.32 Å². The molecule has 1 N–H and O–H groups in total. The van der Waals surface area contributed by atoms with E-state index in [1.807, 2.05) is 18.7 Å². The second-order valence-electron chi connectivity index (χ2n) is 5.82. The number of piperidine rings is 1. The molecular formula is C14H22N4O. The predicted molar refractivity (Wildman–Crippen MR) is 72.6 cm³/mol. The van der Waals surface area contributed by atoms with Crippen LogP contribution in [0.15, 0.2) is 18.7 Å². The molecule has 0 radical (unpaired) electrons. The van der Waals surface area contributed by atoms with E-state index in [0.29, 0.717) is 12.6 Å². The van der Waals surface area contributed by atoms with Gasteiger partial charge in [0, 0.05) is 25.0 Å². The Morgan fingerprint density at radius 3 is 2.68 bits per heavy atom. The van der Waals surface area contributed by atoms with Crippen molar-refractivity contribution in [2.24, 2.45) is 5.92 Å². The molecular weight excluding hydrogens is 240 g/mol. The Kier molecular flexibility index (Phi) is 3.82. The molecule has 1 aromatic rings. The summed E-state index contributed by atoms with van der Waals surface area (Å²) < 4.78 is 2.15. The molecule has 1 aromatic heterocycles. The van der Waals surface area contributed by atoms with Gasteiger partial charge in [-0.25, -0.2) is 4.98 Å². The minimum absolute atomic E-state index is 0.204. The van der Waals surface area contributed by atoms with E-state index in [1.54, 1.807) is 0 Å². The van der Waals surface area contributed by atoms with Gasteiger partial charge >= 0.3 is 0 Å². The van der Waals surface area contributed by atoms with Crippen LogP contribution >= 0.6 is 0 Å². The molecule has 1 saturated heterocycles. The van der Waals surface area contributed by atoms with Crippen LogP contribution in [0.3, 0.4) is 0 Å². The minimum atomic E-state index is 0.204. The highest BCUT2D eigenvalue weighted by molar-refractivity contribution is 5.78. The van der Waals surface area contributed by atoms with E-state index in [-0.39, 0.29) is 5.91 Å². The molecule has 0 bridgehead atoms. The topological polar surface area (TPSA) is 50.2 Å². The average molecular weight is 262 g/mol. The maximum Gasteiger partial charge on any atom is 0.234 e. The second-order valence-corrected chi connectivity index (χ2v) is 5.82. The molecule has 2 heterocycles. The molecule has 0 spiro atoms. The number of aromatic nitrogens is 2. The monoisotopic (exact) mass is 262 g/mol. The highest BCUT2D eigenvalue weighted by atomic mass is 16.2. The zero-order chi connectivity index (χ0) is 13.1. The molecule has 0 unspecified atom stereocenters. The summed E-state index contributed by atoms with van der Waals surface area (Å²) in [5.74, 6) is 0.924. The number of carbonyl (C=O) groups excluding carboxylic acids is 1. The summed E-state index contributed by atoms with van der Waals surface area (Å²) >= 11 is 0. The Labute approximate surface area is 114 Å². The zero-order valence-electron chi connectivity index (χ0n) is 11.3. The Bertz CT molecular complexity index is 405. The summed E-state index contributed by atoms with van der Waals surface area (Å²) in [6.45, 7) is 3.71. The van der Waals surface area contributed by atoms with Gasteiger partial charge in [-0.2, -0.15) is 0 Å². The van der Waals surface area contributed by atoms with Crippen LogP contribution in [0.5, 0.6) is 0 Å². The number of rotatable bonds is 5. The van der Waals surface area contributed by atoms with Crippen molar-refractivity contribution in [2.75, 3.05) is 19.6 Å². The lowest BCUT2D eigenvalue weighted by Gasteiger charge is -2.31. The number of amides is 1. The summed E-state index contributed by atoms with van der Waals surface area (Å²) in [5, 5.41) is 3.06. The number of hydrogen-bond acceptors (Lipinski definition) is 3. The molecule has 104 valence electrons. The number of imidazole rings is 1. The fourth-order valence-electron chi connectivity index (χ4n) is 2.72. The van der Waals surface area contributed by atoms with Crippen LogP contribution in [0, 0.1) is 5.92 Å². The fraction of sp³-hybridized carbons (Fsp3) is 0.714. The van der Waals surface area contributed by atoms with Crippen molar-refractivity contribution in [3.05, 3.63) is 18.7 Å². The summed E-state index contributed by atoms with van der Waals surface area (Å²) in [6, 6.07) is 0.478. The minimum Gasteiger partial charge on any atom is -0.352 e. The van der Waals surface area contributed by atoms with Gasteiger partial charge in [-0.1, -0.05) is 0 Å². The van der Waals surface area contributed by atoms with Gasteiger partial charge in [-0.15, -0.1) is 0 Å². The number of nitrogens with one attached hydrogen (secondary N) is 1. The molecule has 1 saturated carbocycles. The Hall–Kier alpha value is -1.36. The molecule has 1 aliphatic heterocycles. The van der Waals surface area contributed by atoms with Crippen LogP contribution in [0.1, 0.15) is 25.7 Å². The van der Waals surface area contributed by atoms with Gasteiger partial charge in [0.15, 0.2) is 0 Å². The van der Waals surface area contributed by atoms with Crippen LogP contribution in [-0.4, -0.2) is 46.0 Å². The quantitative estimate of drug-likeness (QED) is 0.857. The van der Waals surface area contributed by atoms with Crippen molar-refractivity contribution in [3.8, 4) is 0 Å². The van der Waals surface area contributed by atoms with Gasteiger partial charge < -0.3 is 9.88 Å². The molecule has 19 heavy (non-hydrogen) atoms. The van der Waals surface area contributed by atoms with E-state index in [2.05, 4.69) is 19.8 Å². The van der Waals surface area contributed by atoms with Gasteiger partial charge in [0.2, 0.25) is 5.91 Å². The lowest BCUT2D eigenvalue weighted by Crippen LogP contribution is -2.42. The normalized spacial score (nSPS) is 21.5. The SMILES string of the molecule is O=C(CN1CCC(Cn2ccnc2)CC1)NC1CC1. The molecule has 2 fully saturated rings. The molecule has 5 nitrogen and oxygen atoms in total. The maximum atomic E-state index is 11.7. The van der Waals surface area contributed by atoms with Gasteiger partial charge in [-0.3, -0.25) is 9.69 Å². The van der Waals surface area contributed by atoms with Crippen molar-refractivity contribution >= 4 is 5.91 Å². The lowest BCUT2D eigenvalue weighted by molar-refractivity contribution is -0.122. The molecule has 2 aliphatic rings. The Morgan fingerprint density at radius 2 is 2.05 bits per heavy atom. The first-order valence-corrected chi connectivity index (χ1v) is 7.27. The molecule has 5 heteroatoms. The maximum absolute atomic E-state index is 11.7. The van der Waals surface area contributed by atoms with Crippen LogP contribution in [0.4, 0.5) is 0 Å². The van der Waals surface area contributed by atoms with Crippen molar-refractivity contribution in [3.63, 3.8) is 0 Å². The third-order valence-electron chi connectivity index (χ3n) is 4.05. The van der Waals surface area contributed by atoms with Crippen LogP contribution in [-0.2, 0) is 11.3 Å². The van der Waals surface area contributed by atoms with Crippen molar-refractivity contribution in [1.29, 1.82) is 0 Å². The summed E-state index contributed by atoms with van der Waals surface area (Å²) in [5.41, 5.74) is 0. The van der Waals surface area contributed by atoms with Gasteiger partial charge in [-0.05, 0) is 44.7 Å². The van der Waals surface area contributed by atoms with Crippen LogP contribution in [0.2, 0.25) is 0 Å². The Balaban J connectivity index is 1.37. The van der Waals surface area contributed by atoms with E-state index in [9.17, 15) is 4.79 Å². The molecule has 3 rings (SSSR count). The average Bonchev–Trinajstić information content (AvgIpc) is 3.05. The van der Waals surface area contributed by atoms with Gasteiger partial charge in [0.05, 0.1) is 12.9 Å². The first-order chi connectivity index (χ1) is 9.29. The zero-order valence-corrected chi connectivity index (χ0v) is 11.3. The lowest BCUT2D eigenvalue weighted by atomic mass is 9.97. The van der Waals surface area contributed by atoms with Crippen LogP contribution in [0.25, 0.3) is 0 Å². The first kappa shape index (κ1) is 12.7. The number of hydrogen-bond donors (Lipinski definition) is 1. The largest absolute Gasteiger partial charge is 0.352 e. The fourth-order valence-corrected chi connectivity index (χ4v) is 2.72. The van der Waals surface area contributed by atoms with Crippen molar-refractivity contribution in [1.82, 2.24) is 19.8 Å². The number of likely N-dealkylation sites (tertiary alicyclic amines) is 1. The predicted octanol–water partition coefficient (Wildman–Crippen LogP) is 0.874. The molecule has 0 aromatic carbocycles. The van der Waals surface area contributed by atoms with Gasteiger partial charge in [0.1, 0.15) is 0 Å². The highest BCUT2D eigenvalue weighted by Crippen LogP contribution is 2.20. The number of nitrogens with zero attached hydrogens (tertiary/aromatic N) is 3. The summed E-state index contributed by atoms with van der Waals surface area (Å²) in [6.07, 6.45) is 10.4. The second kappa shape index (κ2) is 5.74. The standard InChI is InChI=1S/C14H22N4O/c19-14(16-13-1-2-13)10-17-6-3-12(4-7-17)9-18-8-5-15-11-18/h5,8,11-13H,1-4,6-7,9-10H2,(H,16,19). The Morgan fingerprint density at radius 1 is 1.26 bits per heavy atom. The van der Waals surface area contributed by atoms with E-state index in [1.165, 1.54) is 25.7 Å². The summed E-state index contributed by atoms with van der Waals surface area (Å²) in [7, 11) is 0. The third kappa shape index (κ3) is 3.80. The van der Waals surface area contributed by atoms with Crippen molar-refractivity contribution in [2.45, 2.75) is 38.3 Å². The molecule has 1 amide bonds. The highest BCUT2D eigenvalue weighted by Gasteiger charge is 2.25. The van der Waals surface area contributed by atoms with E-state index in [0.717, 1.165) is 25.6 Å². The van der Waals surface area contributed by atoms with Crippen molar-refractivity contribution < 1.29 is 4.79 Å². The smallest absolute Gasteiger partial charge is 0.234 e. The van der Waals surface area contributed by atoms with E-state index >= 15 is 0 Å². The van der Waals surface area contributed by atoms with E-state index < -0.39 is 0 Å². The van der Waals surface area contributed by atoms with Gasteiger partial charge in [0.25, 0.3) is 0 Å². The van der Waals surface area contributed by atoms with E-state index in [4.69, 9.17) is 0 Å². The third-order valence-corrected chi connectivity index (χ3v) is 4.05. The first-order valence-electron chi connectivity index (χ1n) is 7.27. The molecule has 1 aliphatic carbocycles.